The highest BCUT2D eigenvalue weighted by Gasteiger charge is 2.50. The van der Waals surface area contributed by atoms with Gasteiger partial charge in [-0.15, -0.1) is 0 Å². The maximum absolute atomic E-state index is 13.3. The molecular formula is C26H32N6O2. The van der Waals surface area contributed by atoms with Crippen LogP contribution in [-0.2, 0) is 6.54 Å². The lowest BCUT2D eigenvalue weighted by molar-refractivity contribution is -0.0503. The molecule has 4 aliphatic carbocycles. The molecule has 0 atom stereocenters. The minimum atomic E-state index is -0.168. The first-order chi connectivity index (χ1) is 16.5. The lowest BCUT2D eigenvalue weighted by atomic mass is 9.49. The number of nitrogens with zero attached hydrogens (tertiary/aromatic N) is 4. The number of pyridine rings is 1. The Bertz CT molecular complexity index is 1180. The van der Waals surface area contributed by atoms with Crippen LogP contribution in [0.2, 0.25) is 0 Å². The van der Waals surface area contributed by atoms with Crippen LogP contribution in [0.4, 0.5) is 0 Å². The van der Waals surface area contributed by atoms with E-state index in [0.717, 1.165) is 30.0 Å². The van der Waals surface area contributed by atoms with Gasteiger partial charge in [-0.2, -0.15) is 0 Å². The molecule has 0 aromatic carbocycles. The van der Waals surface area contributed by atoms with Gasteiger partial charge in [-0.25, -0.2) is 9.97 Å². The van der Waals surface area contributed by atoms with Gasteiger partial charge in [0.05, 0.1) is 12.2 Å². The predicted molar refractivity (Wildman–Crippen MR) is 127 cm³/mol. The fourth-order valence-corrected chi connectivity index (χ4v) is 7.24. The van der Waals surface area contributed by atoms with Gasteiger partial charge in [0.1, 0.15) is 11.3 Å². The van der Waals surface area contributed by atoms with Crippen molar-refractivity contribution in [1.29, 1.82) is 0 Å². The third-order valence-corrected chi connectivity index (χ3v) is 8.29. The SMILES string of the molecule is CCN(Cc1cn2c(C(=O)NCC34CC5CC(CC(C5)C3)C4)cccc2n1)C(=O)c1ncc[nH]1. The van der Waals surface area contributed by atoms with Gasteiger partial charge in [0.15, 0.2) is 5.82 Å². The molecule has 0 radical (unpaired) electrons. The molecule has 8 heteroatoms. The number of H-pyrrole nitrogens is 1. The van der Waals surface area contributed by atoms with Crippen LogP contribution in [0.1, 0.15) is 72.3 Å². The summed E-state index contributed by atoms with van der Waals surface area (Å²) in [6, 6.07) is 5.61. The van der Waals surface area contributed by atoms with Crippen LogP contribution in [0.3, 0.4) is 0 Å². The van der Waals surface area contributed by atoms with E-state index in [1.807, 2.05) is 35.7 Å². The number of fused-ring (bicyclic) bond motifs is 1. The molecule has 8 nitrogen and oxygen atoms in total. The van der Waals surface area contributed by atoms with E-state index < -0.39 is 0 Å². The van der Waals surface area contributed by atoms with E-state index in [9.17, 15) is 9.59 Å². The van der Waals surface area contributed by atoms with Gasteiger partial charge in [-0.05, 0) is 80.8 Å². The second-order valence-electron chi connectivity index (χ2n) is 10.7. The summed E-state index contributed by atoms with van der Waals surface area (Å²) in [6.45, 7) is 3.59. The van der Waals surface area contributed by atoms with E-state index in [1.165, 1.54) is 38.5 Å². The third-order valence-electron chi connectivity index (χ3n) is 8.29. The average molecular weight is 461 g/mol. The molecule has 3 aromatic heterocycles. The van der Waals surface area contributed by atoms with Gasteiger partial charge in [0.25, 0.3) is 11.8 Å². The first-order valence-corrected chi connectivity index (χ1v) is 12.6. The average Bonchev–Trinajstić information content (AvgIpc) is 3.49. The molecule has 178 valence electrons. The summed E-state index contributed by atoms with van der Waals surface area (Å²) < 4.78 is 1.84. The largest absolute Gasteiger partial charge is 0.350 e. The third kappa shape index (κ3) is 3.79. The van der Waals surface area contributed by atoms with Crippen LogP contribution in [0.25, 0.3) is 5.65 Å². The fraction of sp³-hybridized carbons (Fsp3) is 0.538. The van der Waals surface area contributed by atoms with E-state index in [0.29, 0.717) is 35.7 Å². The molecule has 3 heterocycles. The number of nitrogens with one attached hydrogen (secondary N) is 2. The quantitative estimate of drug-likeness (QED) is 0.562. The Morgan fingerprint density at radius 1 is 1.18 bits per heavy atom. The number of carbonyl (C=O) groups excluding carboxylic acids is 2. The van der Waals surface area contributed by atoms with Gasteiger partial charge in [-0.3, -0.25) is 14.0 Å². The molecule has 4 aliphatic rings. The van der Waals surface area contributed by atoms with Gasteiger partial charge in [-0.1, -0.05) is 6.07 Å². The van der Waals surface area contributed by atoms with Crippen LogP contribution in [0.15, 0.2) is 36.8 Å². The lowest BCUT2D eigenvalue weighted by Crippen LogP contribution is -2.51. The van der Waals surface area contributed by atoms with Crippen LogP contribution < -0.4 is 5.32 Å². The summed E-state index contributed by atoms with van der Waals surface area (Å²) in [5, 5.41) is 3.28. The molecule has 4 bridgehead atoms. The van der Waals surface area contributed by atoms with Crippen molar-refractivity contribution in [3.8, 4) is 0 Å². The highest BCUT2D eigenvalue weighted by Crippen LogP contribution is 2.59. The lowest BCUT2D eigenvalue weighted by Gasteiger charge is -2.56. The maximum Gasteiger partial charge on any atom is 0.289 e. The van der Waals surface area contributed by atoms with Crippen molar-refractivity contribution in [1.82, 2.24) is 29.6 Å². The Kier molecular flexibility index (Phi) is 5.19. The molecule has 0 aliphatic heterocycles. The zero-order valence-electron chi connectivity index (χ0n) is 19.7. The maximum atomic E-state index is 13.3. The van der Waals surface area contributed by atoms with Gasteiger partial charge >= 0.3 is 0 Å². The first kappa shape index (κ1) is 21.4. The number of hydrogen-bond donors (Lipinski definition) is 2. The Labute approximate surface area is 199 Å². The van der Waals surface area contributed by atoms with Crippen LogP contribution in [0, 0.1) is 23.2 Å². The zero-order chi connectivity index (χ0) is 23.3. The molecule has 0 spiro atoms. The standard InChI is InChI=1S/C26H32N6O2/c1-2-31(25(34)23-27-6-7-28-23)14-20-15-32-21(4-3-5-22(32)30-20)24(33)29-16-26-11-17-8-18(12-26)10-19(9-17)13-26/h3-7,15,17-19H,2,8-14,16H2,1H3,(H,27,28)(H,29,33). The first-order valence-electron chi connectivity index (χ1n) is 12.6. The van der Waals surface area contributed by atoms with Crippen LogP contribution in [-0.4, -0.2) is 49.2 Å². The summed E-state index contributed by atoms with van der Waals surface area (Å²) in [7, 11) is 0. The van der Waals surface area contributed by atoms with E-state index in [4.69, 9.17) is 0 Å². The van der Waals surface area contributed by atoms with Crippen molar-refractivity contribution in [2.24, 2.45) is 23.2 Å². The monoisotopic (exact) mass is 460 g/mol. The van der Waals surface area contributed by atoms with Gasteiger partial charge in [0, 0.05) is 31.7 Å². The van der Waals surface area contributed by atoms with Crippen molar-refractivity contribution in [3.05, 3.63) is 54.0 Å². The van der Waals surface area contributed by atoms with Crippen molar-refractivity contribution in [2.45, 2.75) is 52.0 Å². The molecular weight excluding hydrogens is 428 g/mol. The molecule has 3 aromatic rings. The highest BCUT2D eigenvalue weighted by atomic mass is 16.2. The van der Waals surface area contributed by atoms with E-state index in [1.54, 1.807) is 17.3 Å². The molecule has 34 heavy (non-hydrogen) atoms. The molecule has 2 amide bonds. The smallest absolute Gasteiger partial charge is 0.289 e. The Hall–Kier alpha value is -3.16. The zero-order valence-corrected chi connectivity index (χ0v) is 19.7. The molecule has 2 N–H and O–H groups in total. The minimum absolute atomic E-state index is 0.0516. The molecule has 0 unspecified atom stereocenters. The molecule has 0 saturated heterocycles. The van der Waals surface area contributed by atoms with Gasteiger partial charge in [0.2, 0.25) is 0 Å². The number of rotatable bonds is 7. The number of amides is 2. The fourth-order valence-electron chi connectivity index (χ4n) is 7.24. The van der Waals surface area contributed by atoms with Crippen LogP contribution >= 0.6 is 0 Å². The number of carbonyl (C=O) groups is 2. The van der Waals surface area contributed by atoms with E-state index >= 15 is 0 Å². The number of imidazole rings is 2. The van der Waals surface area contributed by atoms with Crippen molar-refractivity contribution in [3.63, 3.8) is 0 Å². The number of hydrogen-bond acceptors (Lipinski definition) is 4. The van der Waals surface area contributed by atoms with E-state index in [-0.39, 0.29) is 11.8 Å². The van der Waals surface area contributed by atoms with E-state index in [2.05, 4.69) is 20.3 Å². The summed E-state index contributed by atoms with van der Waals surface area (Å²) in [5.41, 5.74) is 2.33. The van der Waals surface area contributed by atoms with Crippen LogP contribution in [0.5, 0.6) is 0 Å². The summed E-state index contributed by atoms with van der Waals surface area (Å²) >= 11 is 0. The Morgan fingerprint density at radius 2 is 1.91 bits per heavy atom. The summed E-state index contributed by atoms with van der Waals surface area (Å²) in [4.78, 5) is 39.3. The number of aromatic amines is 1. The predicted octanol–water partition coefficient (Wildman–Crippen LogP) is 3.67. The second kappa shape index (κ2) is 8.25. The van der Waals surface area contributed by atoms with Crippen molar-refractivity contribution >= 4 is 17.5 Å². The topological polar surface area (TPSA) is 95.4 Å². The highest BCUT2D eigenvalue weighted by molar-refractivity contribution is 5.93. The molecule has 4 saturated carbocycles. The van der Waals surface area contributed by atoms with Gasteiger partial charge < -0.3 is 15.2 Å². The normalized spacial score (nSPS) is 27.3. The van der Waals surface area contributed by atoms with Crippen molar-refractivity contribution < 1.29 is 9.59 Å². The Morgan fingerprint density at radius 3 is 2.56 bits per heavy atom. The second-order valence-corrected chi connectivity index (χ2v) is 10.7. The van der Waals surface area contributed by atoms with Crippen molar-refractivity contribution in [2.75, 3.05) is 13.1 Å². The summed E-state index contributed by atoms with van der Waals surface area (Å²) in [5.74, 6) is 2.70. The minimum Gasteiger partial charge on any atom is -0.350 e. The number of aromatic nitrogens is 4. The summed E-state index contributed by atoms with van der Waals surface area (Å²) in [6.07, 6.45) is 13.1. The molecule has 4 fully saturated rings. The Balaban J connectivity index is 1.18. The molecule has 7 rings (SSSR count).